The fourth-order valence-corrected chi connectivity index (χ4v) is 3.02. The van der Waals surface area contributed by atoms with E-state index >= 15 is 0 Å². The number of nitrogens with zero attached hydrogens (tertiary/aromatic N) is 1. The highest BCUT2D eigenvalue weighted by molar-refractivity contribution is 9.10. The van der Waals surface area contributed by atoms with Gasteiger partial charge >= 0.3 is 0 Å². The van der Waals surface area contributed by atoms with Gasteiger partial charge in [0.25, 0.3) is 5.91 Å². The second-order valence-corrected chi connectivity index (χ2v) is 6.00. The molecule has 1 aliphatic carbocycles. The number of hydrogen-bond donors (Lipinski definition) is 0. The van der Waals surface area contributed by atoms with Crippen LogP contribution in [0, 0.1) is 5.92 Å². The summed E-state index contributed by atoms with van der Waals surface area (Å²) in [5, 5.41) is 0. The molecule has 4 heteroatoms. The van der Waals surface area contributed by atoms with E-state index in [9.17, 15) is 4.79 Å². The molecule has 1 amide bonds. The quantitative estimate of drug-likeness (QED) is 0.859. The topological polar surface area (TPSA) is 29.5 Å². The summed E-state index contributed by atoms with van der Waals surface area (Å²) in [6.45, 7) is 1.75. The second kappa shape index (κ2) is 4.57. The van der Waals surface area contributed by atoms with E-state index in [-0.39, 0.29) is 5.91 Å². The molecule has 0 atom stereocenters. The fourth-order valence-electron chi connectivity index (χ4n) is 2.54. The van der Waals surface area contributed by atoms with E-state index in [4.69, 9.17) is 4.74 Å². The van der Waals surface area contributed by atoms with Crippen LogP contribution >= 0.6 is 15.9 Å². The molecule has 1 saturated carbocycles. The normalized spacial score (nSPS) is 18.8. The van der Waals surface area contributed by atoms with Gasteiger partial charge in [0.15, 0.2) is 0 Å². The van der Waals surface area contributed by atoms with Crippen molar-refractivity contribution in [3.63, 3.8) is 0 Å². The molecule has 1 aromatic carbocycles. The number of hydrogen-bond acceptors (Lipinski definition) is 2. The molecule has 0 radical (unpaired) electrons. The van der Waals surface area contributed by atoms with Crippen LogP contribution in [0.2, 0.25) is 0 Å². The zero-order valence-corrected chi connectivity index (χ0v) is 12.0. The number of fused-ring (bicyclic) bond motifs is 1. The monoisotopic (exact) mass is 309 g/mol. The van der Waals surface area contributed by atoms with Crippen LogP contribution in [0.25, 0.3) is 0 Å². The number of methoxy groups -OCH3 is 1. The Morgan fingerprint density at radius 3 is 2.89 bits per heavy atom. The van der Waals surface area contributed by atoms with E-state index in [0.717, 1.165) is 41.0 Å². The molecule has 96 valence electrons. The van der Waals surface area contributed by atoms with Crippen LogP contribution in [0.5, 0.6) is 5.75 Å². The van der Waals surface area contributed by atoms with Gasteiger partial charge in [0, 0.05) is 17.6 Å². The Morgan fingerprint density at radius 2 is 2.22 bits per heavy atom. The highest BCUT2D eigenvalue weighted by Crippen LogP contribution is 2.35. The number of carbonyl (C=O) groups is 1. The van der Waals surface area contributed by atoms with E-state index in [1.807, 2.05) is 17.0 Å². The lowest BCUT2D eigenvalue weighted by Crippen LogP contribution is -2.39. The van der Waals surface area contributed by atoms with Gasteiger partial charge in [-0.15, -0.1) is 0 Å². The number of benzene rings is 1. The maximum absolute atomic E-state index is 12.5. The summed E-state index contributed by atoms with van der Waals surface area (Å²) in [5.41, 5.74) is 1.85. The molecule has 3 nitrogen and oxygen atoms in total. The highest BCUT2D eigenvalue weighted by Gasteiger charge is 2.32. The molecule has 0 bridgehead atoms. The predicted octanol–water partition coefficient (Wildman–Crippen LogP) is 2.87. The summed E-state index contributed by atoms with van der Waals surface area (Å²) >= 11 is 3.46. The Hall–Kier alpha value is -1.03. The van der Waals surface area contributed by atoms with Crippen molar-refractivity contribution in [2.75, 3.05) is 20.2 Å². The Balaban J connectivity index is 1.95. The lowest BCUT2D eigenvalue weighted by atomic mass is 9.98. The predicted molar refractivity (Wildman–Crippen MR) is 73.0 cm³/mol. The van der Waals surface area contributed by atoms with Crippen molar-refractivity contribution < 1.29 is 9.53 Å². The zero-order valence-electron chi connectivity index (χ0n) is 10.4. The van der Waals surface area contributed by atoms with Crippen molar-refractivity contribution in [1.29, 1.82) is 0 Å². The number of amides is 1. The molecule has 0 unspecified atom stereocenters. The number of carbonyl (C=O) groups excluding carboxylic acids is 1. The summed E-state index contributed by atoms with van der Waals surface area (Å²) in [5.74, 6) is 1.55. The van der Waals surface area contributed by atoms with Gasteiger partial charge in [-0.1, -0.05) is 15.9 Å². The van der Waals surface area contributed by atoms with Gasteiger partial charge < -0.3 is 9.64 Å². The largest absolute Gasteiger partial charge is 0.496 e. The molecular weight excluding hydrogens is 294 g/mol. The van der Waals surface area contributed by atoms with Crippen LogP contribution in [-0.2, 0) is 6.42 Å². The Kier molecular flexibility index (Phi) is 3.06. The summed E-state index contributed by atoms with van der Waals surface area (Å²) in [7, 11) is 1.62. The summed E-state index contributed by atoms with van der Waals surface area (Å²) in [6.07, 6.45) is 3.46. The average Bonchev–Trinajstić information content (AvgIpc) is 3.15. The molecule has 18 heavy (non-hydrogen) atoms. The van der Waals surface area contributed by atoms with Crippen LogP contribution in [0.1, 0.15) is 28.8 Å². The maximum Gasteiger partial charge on any atom is 0.257 e. The number of ether oxygens (including phenoxy) is 1. The SMILES string of the molecule is COc1cc(Br)cc2c1C(=O)N(CC1CC1)CC2. The minimum Gasteiger partial charge on any atom is -0.496 e. The first-order chi connectivity index (χ1) is 8.69. The summed E-state index contributed by atoms with van der Waals surface area (Å²) in [4.78, 5) is 14.5. The molecular formula is C14H16BrNO2. The van der Waals surface area contributed by atoms with E-state index < -0.39 is 0 Å². The number of halogens is 1. The molecule has 1 fully saturated rings. The lowest BCUT2D eigenvalue weighted by molar-refractivity contribution is 0.0727. The minimum absolute atomic E-state index is 0.132. The second-order valence-electron chi connectivity index (χ2n) is 5.09. The van der Waals surface area contributed by atoms with E-state index in [0.29, 0.717) is 5.75 Å². The van der Waals surface area contributed by atoms with Crippen LogP contribution in [0.3, 0.4) is 0 Å². The Bertz CT molecular complexity index is 480. The van der Waals surface area contributed by atoms with E-state index in [2.05, 4.69) is 15.9 Å². The van der Waals surface area contributed by atoms with E-state index in [1.165, 1.54) is 12.8 Å². The minimum atomic E-state index is 0.132. The highest BCUT2D eigenvalue weighted by atomic mass is 79.9. The van der Waals surface area contributed by atoms with Crippen LogP contribution in [0.4, 0.5) is 0 Å². The van der Waals surface area contributed by atoms with Gasteiger partial charge in [0.1, 0.15) is 5.75 Å². The standard InChI is InChI=1S/C14H16BrNO2/c1-18-12-7-11(15)6-10-4-5-16(8-9-2-3-9)14(17)13(10)12/h6-7,9H,2-5,8H2,1H3. The van der Waals surface area contributed by atoms with Crippen molar-refractivity contribution in [1.82, 2.24) is 4.90 Å². The van der Waals surface area contributed by atoms with Crippen molar-refractivity contribution in [3.8, 4) is 5.75 Å². The van der Waals surface area contributed by atoms with Crippen molar-refractivity contribution in [2.45, 2.75) is 19.3 Å². The first-order valence-corrected chi connectivity index (χ1v) is 7.14. The maximum atomic E-state index is 12.5. The molecule has 0 N–H and O–H groups in total. The Labute approximate surface area is 115 Å². The van der Waals surface area contributed by atoms with Gasteiger partial charge in [0.05, 0.1) is 12.7 Å². The molecule has 2 aliphatic rings. The molecule has 1 aromatic rings. The third-order valence-corrected chi connectivity index (χ3v) is 4.15. The van der Waals surface area contributed by atoms with Crippen LogP contribution in [0.15, 0.2) is 16.6 Å². The third-order valence-electron chi connectivity index (χ3n) is 3.70. The molecule has 1 heterocycles. The van der Waals surface area contributed by atoms with Crippen LogP contribution < -0.4 is 4.74 Å². The van der Waals surface area contributed by atoms with Crippen LogP contribution in [-0.4, -0.2) is 31.0 Å². The van der Waals surface area contributed by atoms with Crippen molar-refractivity contribution in [3.05, 3.63) is 27.7 Å². The first kappa shape index (κ1) is 12.0. The average molecular weight is 310 g/mol. The molecule has 1 aliphatic heterocycles. The lowest BCUT2D eigenvalue weighted by Gasteiger charge is -2.29. The first-order valence-electron chi connectivity index (χ1n) is 6.34. The van der Waals surface area contributed by atoms with Gasteiger partial charge in [-0.3, -0.25) is 4.79 Å². The molecule has 3 rings (SSSR count). The van der Waals surface area contributed by atoms with E-state index in [1.54, 1.807) is 7.11 Å². The fraction of sp³-hybridized carbons (Fsp3) is 0.500. The Morgan fingerprint density at radius 1 is 1.44 bits per heavy atom. The van der Waals surface area contributed by atoms with Crippen molar-refractivity contribution in [2.24, 2.45) is 5.92 Å². The van der Waals surface area contributed by atoms with Crippen molar-refractivity contribution >= 4 is 21.8 Å². The zero-order chi connectivity index (χ0) is 12.7. The smallest absolute Gasteiger partial charge is 0.257 e. The van der Waals surface area contributed by atoms with Gasteiger partial charge in [0.2, 0.25) is 0 Å². The summed E-state index contributed by atoms with van der Waals surface area (Å²) in [6, 6.07) is 3.90. The van der Waals surface area contributed by atoms with Gasteiger partial charge in [-0.25, -0.2) is 0 Å². The molecule has 0 saturated heterocycles. The van der Waals surface area contributed by atoms with Gasteiger partial charge in [-0.2, -0.15) is 0 Å². The molecule has 0 spiro atoms. The summed E-state index contributed by atoms with van der Waals surface area (Å²) < 4.78 is 6.33. The third kappa shape index (κ3) is 2.14. The van der Waals surface area contributed by atoms with Gasteiger partial charge in [-0.05, 0) is 42.9 Å². The number of rotatable bonds is 3. The molecule has 0 aromatic heterocycles.